The van der Waals surface area contributed by atoms with Gasteiger partial charge in [0.05, 0.1) is 15.9 Å². The van der Waals surface area contributed by atoms with Gasteiger partial charge in [-0.1, -0.05) is 24.3 Å². The van der Waals surface area contributed by atoms with Crippen molar-refractivity contribution in [2.45, 2.75) is 11.3 Å². The summed E-state index contributed by atoms with van der Waals surface area (Å²) < 4.78 is 25.9. The van der Waals surface area contributed by atoms with Gasteiger partial charge in [0.25, 0.3) is 0 Å². The molecule has 0 saturated carbocycles. The molecule has 1 fully saturated rings. The zero-order valence-corrected chi connectivity index (χ0v) is 18.1. The zero-order valence-electron chi connectivity index (χ0n) is 17.3. The average molecular weight is 440 g/mol. The number of fused-ring (bicyclic) bond motifs is 1. The van der Waals surface area contributed by atoms with Crippen LogP contribution in [-0.4, -0.2) is 62.4 Å². The number of carbonyl (C=O) groups is 1. The Morgan fingerprint density at radius 2 is 1.84 bits per heavy atom. The van der Waals surface area contributed by atoms with Gasteiger partial charge < -0.3 is 14.8 Å². The van der Waals surface area contributed by atoms with Gasteiger partial charge in [0.15, 0.2) is 0 Å². The summed E-state index contributed by atoms with van der Waals surface area (Å²) in [5.74, 6) is 0.779. The van der Waals surface area contributed by atoms with Crippen LogP contribution in [-0.2, 0) is 14.8 Å². The van der Waals surface area contributed by atoms with E-state index in [9.17, 15) is 13.2 Å². The summed E-state index contributed by atoms with van der Waals surface area (Å²) >= 11 is 0. The van der Waals surface area contributed by atoms with Crippen LogP contribution in [0.5, 0.6) is 0 Å². The lowest BCUT2D eigenvalue weighted by atomic mass is 10.2. The van der Waals surface area contributed by atoms with E-state index in [4.69, 9.17) is 0 Å². The lowest BCUT2D eigenvalue weighted by Gasteiger charge is -2.20. The van der Waals surface area contributed by atoms with Crippen molar-refractivity contribution in [3.63, 3.8) is 0 Å². The minimum Gasteiger partial charge on any atom is -0.341 e. The molecular formula is C22H25N5O3S. The number of hydrogen-bond donors (Lipinski definition) is 2. The molecule has 8 nitrogen and oxygen atoms in total. The van der Waals surface area contributed by atoms with Gasteiger partial charge in [-0.05, 0) is 49.4 Å². The molecule has 31 heavy (non-hydrogen) atoms. The first kappa shape index (κ1) is 21.1. The first-order chi connectivity index (χ1) is 15.0. The van der Waals surface area contributed by atoms with Crippen LogP contribution in [0.2, 0.25) is 0 Å². The lowest BCUT2D eigenvalue weighted by Crippen LogP contribution is -2.34. The summed E-state index contributed by atoms with van der Waals surface area (Å²) in [6.45, 7) is 2.82. The Bertz CT molecular complexity index is 1170. The van der Waals surface area contributed by atoms with Crippen LogP contribution in [0.4, 0.5) is 5.95 Å². The Balaban J connectivity index is 1.38. The predicted molar refractivity (Wildman–Crippen MR) is 121 cm³/mol. The second-order valence-electron chi connectivity index (χ2n) is 7.35. The first-order valence-electron chi connectivity index (χ1n) is 10.2. The van der Waals surface area contributed by atoms with Gasteiger partial charge >= 0.3 is 0 Å². The Hall–Kier alpha value is -3.17. The second-order valence-corrected chi connectivity index (χ2v) is 9.24. The number of para-hydroxylation sites is 2. The van der Waals surface area contributed by atoms with Crippen LogP contribution in [0.3, 0.4) is 0 Å². The van der Waals surface area contributed by atoms with E-state index in [-0.39, 0.29) is 10.8 Å². The number of amides is 1. The van der Waals surface area contributed by atoms with Gasteiger partial charge in [-0.25, -0.2) is 18.1 Å². The summed E-state index contributed by atoms with van der Waals surface area (Å²) in [4.78, 5) is 24.9. The summed E-state index contributed by atoms with van der Waals surface area (Å²) in [5, 5.41) is 0. The molecule has 0 aliphatic carbocycles. The highest BCUT2D eigenvalue weighted by molar-refractivity contribution is 7.89. The Morgan fingerprint density at radius 1 is 1.06 bits per heavy atom. The molecule has 0 radical (unpaired) electrons. The van der Waals surface area contributed by atoms with E-state index in [2.05, 4.69) is 19.6 Å². The fourth-order valence-electron chi connectivity index (χ4n) is 3.59. The molecule has 2 heterocycles. The molecule has 0 atom stereocenters. The van der Waals surface area contributed by atoms with Crippen LogP contribution in [0.15, 0.2) is 59.5 Å². The third-order valence-corrected chi connectivity index (χ3v) is 6.79. The molecule has 1 aliphatic rings. The van der Waals surface area contributed by atoms with Crippen molar-refractivity contribution in [3.05, 3.63) is 60.2 Å². The molecule has 0 bridgehead atoms. The van der Waals surface area contributed by atoms with Crippen molar-refractivity contribution in [2.24, 2.45) is 0 Å². The number of nitrogens with zero attached hydrogens (tertiary/aromatic N) is 3. The lowest BCUT2D eigenvalue weighted by molar-refractivity contribution is -0.125. The number of anilines is 1. The topological polar surface area (TPSA) is 98.4 Å². The highest BCUT2D eigenvalue weighted by Gasteiger charge is 2.19. The third kappa shape index (κ3) is 4.78. The van der Waals surface area contributed by atoms with Crippen LogP contribution in [0.1, 0.15) is 12.0 Å². The molecule has 1 saturated heterocycles. The number of H-pyrrole nitrogens is 1. The van der Waals surface area contributed by atoms with Crippen LogP contribution < -0.4 is 9.62 Å². The molecule has 162 valence electrons. The van der Waals surface area contributed by atoms with E-state index in [0.29, 0.717) is 19.6 Å². The maximum Gasteiger partial charge on any atom is 0.246 e. The highest BCUT2D eigenvalue weighted by atomic mass is 32.2. The fourth-order valence-corrected chi connectivity index (χ4v) is 4.32. The van der Waals surface area contributed by atoms with E-state index in [0.717, 1.165) is 35.5 Å². The molecule has 1 amide bonds. The van der Waals surface area contributed by atoms with Gasteiger partial charge in [0.2, 0.25) is 21.9 Å². The summed E-state index contributed by atoms with van der Waals surface area (Å²) in [7, 11) is -2.09. The van der Waals surface area contributed by atoms with Gasteiger partial charge in [0, 0.05) is 32.3 Å². The molecule has 0 unspecified atom stereocenters. The van der Waals surface area contributed by atoms with Crippen molar-refractivity contribution in [1.82, 2.24) is 19.6 Å². The summed E-state index contributed by atoms with van der Waals surface area (Å²) in [5.41, 5.74) is 2.71. The standard InChI is InChI=1S/C22H25N5O3S/c1-23-31(29,30)18-10-7-17(8-11-18)9-12-21(28)26-13-4-14-27(16-15-26)22-24-19-5-2-3-6-20(19)25-22/h2-3,5-12,23H,4,13-16H2,1H3,(H,24,25)/b12-9+. The molecule has 2 N–H and O–H groups in total. The minimum absolute atomic E-state index is 0.0571. The molecule has 3 aromatic rings. The number of hydrogen-bond acceptors (Lipinski definition) is 5. The van der Waals surface area contributed by atoms with Crippen molar-refractivity contribution >= 4 is 39.0 Å². The number of sulfonamides is 1. The normalized spacial score (nSPS) is 15.5. The fraction of sp³-hybridized carbons (Fsp3) is 0.273. The van der Waals surface area contributed by atoms with E-state index >= 15 is 0 Å². The number of benzene rings is 2. The Kier molecular flexibility index (Phi) is 6.06. The quantitative estimate of drug-likeness (QED) is 0.594. The smallest absolute Gasteiger partial charge is 0.246 e. The van der Waals surface area contributed by atoms with E-state index in [1.807, 2.05) is 29.2 Å². The van der Waals surface area contributed by atoms with Crippen molar-refractivity contribution in [3.8, 4) is 0 Å². The molecule has 0 spiro atoms. The van der Waals surface area contributed by atoms with E-state index < -0.39 is 10.0 Å². The SMILES string of the molecule is CNS(=O)(=O)c1ccc(/C=C/C(=O)N2CCCN(c3nc4ccccc4[nH]3)CC2)cc1. The molecular weight excluding hydrogens is 414 g/mol. The maximum atomic E-state index is 12.7. The van der Waals surface area contributed by atoms with Crippen molar-refractivity contribution < 1.29 is 13.2 Å². The van der Waals surface area contributed by atoms with Gasteiger partial charge in [-0.15, -0.1) is 0 Å². The molecule has 2 aromatic carbocycles. The number of carbonyl (C=O) groups excluding carboxylic acids is 1. The van der Waals surface area contributed by atoms with E-state index in [1.165, 1.54) is 19.2 Å². The van der Waals surface area contributed by atoms with Crippen molar-refractivity contribution in [1.29, 1.82) is 0 Å². The second kappa shape index (κ2) is 8.91. The van der Waals surface area contributed by atoms with Gasteiger partial charge in [-0.3, -0.25) is 4.79 Å². The minimum atomic E-state index is -3.47. The largest absolute Gasteiger partial charge is 0.341 e. The van der Waals surface area contributed by atoms with Gasteiger partial charge in [-0.2, -0.15) is 0 Å². The number of aromatic nitrogens is 2. The predicted octanol–water partition coefficient (Wildman–Crippen LogP) is 2.22. The third-order valence-electron chi connectivity index (χ3n) is 5.36. The Morgan fingerprint density at radius 3 is 2.58 bits per heavy atom. The maximum absolute atomic E-state index is 12.7. The van der Waals surface area contributed by atoms with Crippen molar-refractivity contribution in [2.75, 3.05) is 38.1 Å². The first-order valence-corrected chi connectivity index (χ1v) is 11.6. The number of aromatic amines is 1. The molecule has 4 rings (SSSR count). The zero-order chi connectivity index (χ0) is 21.8. The number of nitrogens with one attached hydrogen (secondary N) is 2. The Labute approximate surface area is 181 Å². The van der Waals surface area contributed by atoms with Crippen LogP contribution in [0.25, 0.3) is 17.1 Å². The van der Waals surface area contributed by atoms with E-state index in [1.54, 1.807) is 24.3 Å². The summed E-state index contributed by atoms with van der Waals surface area (Å²) in [6.07, 6.45) is 4.10. The monoisotopic (exact) mass is 439 g/mol. The van der Waals surface area contributed by atoms with Crippen LogP contribution in [0, 0.1) is 0 Å². The average Bonchev–Trinajstić information content (AvgIpc) is 3.07. The molecule has 9 heteroatoms. The van der Waals surface area contributed by atoms with Gasteiger partial charge in [0.1, 0.15) is 0 Å². The number of rotatable bonds is 5. The number of imidazole rings is 1. The molecule has 1 aliphatic heterocycles. The molecule has 1 aromatic heterocycles. The summed E-state index contributed by atoms with van der Waals surface area (Å²) in [6, 6.07) is 14.3. The van der Waals surface area contributed by atoms with Crippen LogP contribution >= 0.6 is 0 Å². The highest BCUT2D eigenvalue weighted by Crippen LogP contribution is 2.19.